The number of amides is 2. The predicted molar refractivity (Wildman–Crippen MR) is 112 cm³/mol. The van der Waals surface area contributed by atoms with Crippen molar-refractivity contribution in [1.82, 2.24) is 15.3 Å². The molecule has 2 amide bonds. The molecule has 1 aromatic carbocycles. The molecule has 34 heavy (non-hydrogen) atoms. The molecule has 2 aliphatic heterocycles. The van der Waals surface area contributed by atoms with Gasteiger partial charge < -0.3 is 9.80 Å². The lowest BCUT2D eigenvalue weighted by Gasteiger charge is -2.36. The van der Waals surface area contributed by atoms with Crippen LogP contribution in [0, 0.1) is 0 Å². The molecular weight excluding hydrogens is 488 g/mol. The minimum atomic E-state index is -4.92. The van der Waals surface area contributed by atoms with Gasteiger partial charge in [-0.15, -0.1) is 0 Å². The molecule has 180 valence electrons. The average Bonchev–Trinajstić information content (AvgIpc) is 3.09. The predicted octanol–water partition coefficient (Wildman–Crippen LogP) is 4.16. The van der Waals surface area contributed by atoms with Crippen LogP contribution in [-0.4, -0.2) is 47.3 Å². The molecule has 2 fully saturated rings. The van der Waals surface area contributed by atoms with Crippen LogP contribution in [0.4, 0.5) is 42.8 Å². The van der Waals surface area contributed by atoms with Gasteiger partial charge in [-0.25, -0.2) is 9.97 Å². The fourth-order valence-electron chi connectivity index (χ4n) is 3.44. The van der Waals surface area contributed by atoms with Crippen LogP contribution in [0.2, 0.25) is 0 Å². The van der Waals surface area contributed by atoms with Crippen LogP contribution in [0.25, 0.3) is 6.08 Å². The Morgan fingerprint density at radius 3 is 2.03 bits per heavy atom. The Balaban J connectivity index is 1.51. The zero-order valence-corrected chi connectivity index (χ0v) is 17.9. The van der Waals surface area contributed by atoms with Crippen molar-refractivity contribution in [2.75, 3.05) is 36.0 Å². The highest BCUT2D eigenvalue weighted by atomic mass is 32.2. The zero-order chi connectivity index (χ0) is 24.7. The molecule has 0 spiro atoms. The second-order valence-corrected chi connectivity index (χ2v) is 8.39. The summed E-state index contributed by atoms with van der Waals surface area (Å²) < 4.78 is 78.9. The van der Waals surface area contributed by atoms with E-state index in [0.29, 0.717) is 17.8 Å². The largest absolute Gasteiger partial charge is 0.416 e. The SMILES string of the molecule is O=C1NC(=O)C(=Cc2ccnc(N3CCN(c4cc(C(F)(F)F)cc(C(F)(F)F)c4)CC3)n2)S1. The molecule has 1 N–H and O–H groups in total. The average molecular weight is 503 g/mol. The van der Waals surface area contributed by atoms with Crippen molar-refractivity contribution in [3.8, 4) is 0 Å². The van der Waals surface area contributed by atoms with Crippen molar-refractivity contribution >= 4 is 40.6 Å². The number of nitrogens with zero attached hydrogens (tertiary/aromatic N) is 4. The van der Waals surface area contributed by atoms with E-state index in [1.54, 1.807) is 4.90 Å². The van der Waals surface area contributed by atoms with Gasteiger partial charge >= 0.3 is 12.4 Å². The molecule has 1 aromatic heterocycles. The van der Waals surface area contributed by atoms with Gasteiger partial charge in [0.1, 0.15) is 0 Å². The van der Waals surface area contributed by atoms with E-state index in [1.807, 2.05) is 0 Å². The minimum Gasteiger partial charge on any atom is -0.368 e. The lowest BCUT2D eigenvalue weighted by molar-refractivity contribution is -0.143. The molecular formula is C20H15F6N5O2S. The summed E-state index contributed by atoms with van der Waals surface area (Å²) in [7, 11) is 0. The Labute approximate surface area is 192 Å². The summed E-state index contributed by atoms with van der Waals surface area (Å²) in [5.74, 6) is -0.258. The second kappa shape index (κ2) is 8.81. The van der Waals surface area contributed by atoms with Gasteiger partial charge in [0, 0.05) is 38.1 Å². The molecule has 3 heterocycles. The van der Waals surface area contributed by atoms with Crippen molar-refractivity contribution in [2.45, 2.75) is 12.4 Å². The minimum absolute atomic E-state index is 0.101. The fraction of sp³-hybridized carbons (Fsp3) is 0.300. The van der Waals surface area contributed by atoms with Gasteiger partial charge in [0.05, 0.1) is 21.7 Å². The van der Waals surface area contributed by atoms with Gasteiger partial charge in [-0.2, -0.15) is 26.3 Å². The van der Waals surface area contributed by atoms with Crippen molar-refractivity contribution in [2.24, 2.45) is 0 Å². The van der Waals surface area contributed by atoms with Crippen LogP contribution in [-0.2, 0) is 17.1 Å². The standard InChI is InChI=1S/C20H15F6N5O2S/c21-19(22,23)11-7-12(20(24,25)26)9-14(8-11)30-3-5-31(6-4-30)17-27-2-1-13(28-17)10-15-16(32)29-18(33)34-15/h1-2,7-10H,3-6H2,(H,29,32,33). The van der Waals surface area contributed by atoms with Gasteiger partial charge in [-0.3, -0.25) is 14.9 Å². The Kier molecular flexibility index (Phi) is 6.18. The number of rotatable bonds is 3. The Morgan fingerprint density at radius 1 is 0.912 bits per heavy atom. The van der Waals surface area contributed by atoms with Crippen LogP contribution in [0.5, 0.6) is 0 Å². The van der Waals surface area contributed by atoms with E-state index >= 15 is 0 Å². The number of carbonyl (C=O) groups is 2. The third kappa shape index (κ3) is 5.26. The highest BCUT2D eigenvalue weighted by Gasteiger charge is 2.37. The molecule has 4 rings (SSSR count). The highest BCUT2D eigenvalue weighted by molar-refractivity contribution is 8.18. The molecule has 0 aliphatic carbocycles. The number of carbonyl (C=O) groups excluding carboxylic acids is 2. The first-order valence-corrected chi connectivity index (χ1v) is 10.6. The zero-order valence-electron chi connectivity index (χ0n) is 17.1. The van der Waals surface area contributed by atoms with E-state index in [2.05, 4.69) is 15.3 Å². The van der Waals surface area contributed by atoms with Crippen molar-refractivity contribution < 1.29 is 35.9 Å². The van der Waals surface area contributed by atoms with Gasteiger partial charge in [-0.05, 0) is 42.1 Å². The second-order valence-electron chi connectivity index (χ2n) is 7.37. The number of hydrogen-bond donors (Lipinski definition) is 1. The van der Waals surface area contributed by atoms with E-state index in [9.17, 15) is 35.9 Å². The lowest BCUT2D eigenvalue weighted by Crippen LogP contribution is -2.47. The lowest BCUT2D eigenvalue weighted by atomic mass is 10.1. The van der Waals surface area contributed by atoms with Crippen LogP contribution in [0.3, 0.4) is 0 Å². The first-order valence-electron chi connectivity index (χ1n) is 9.77. The molecule has 0 unspecified atom stereocenters. The third-order valence-electron chi connectivity index (χ3n) is 5.09. The maximum absolute atomic E-state index is 13.2. The summed E-state index contributed by atoms with van der Waals surface area (Å²) in [6.45, 7) is 0.761. The molecule has 0 bridgehead atoms. The van der Waals surface area contributed by atoms with E-state index in [4.69, 9.17) is 0 Å². The Bertz CT molecular complexity index is 1130. The van der Waals surface area contributed by atoms with E-state index in [1.165, 1.54) is 23.2 Å². The van der Waals surface area contributed by atoms with Gasteiger partial charge in [0.2, 0.25) is 5.95 Å². The first kappa shape index (κ1) is 23.9. The molecule has 2 aromatic rings. The summed E-state index contributed by atoms with van der Waals surface area (Å²) in [5, 5.41) is 1.63. The third-order valence-corrected chi connectivity index (χ3v) is 5.90. The number of hydrogen-bond acceptors (Lipinski definition) is 7. The fourth-order valence-corrected chi connectivity index (χ4v) is 4.10. The van der Waals surface area contributed by atoms with Crippen molar-refractivity contribution in [1.29, 1.82) is 0 Å². The molecule has 0 atom stereocenters. The number of anilines is 2. The maximum atomic E-state index is 13.2. The van der Waals surface area contributed by atoms with Crippen LogP contribution in [0.15, 0.2) is 35.4 Å². The molecule has 0 radical (unpaired) electrons. The number of imide groups is 1. The summed E-state index contributed by atoms with van der Waals surface area (Å²) in [4.78, 5) is 34.8. The topological polar surface area (TPSA) is 78.4 Å². The normalized spacial score (nSPS) is 18.6. The van der Waals surface area contributed by atoms with Crippen LogP contribution < -0.4 is 15.1 Å². The summed E-state index contributed by atoms with van der Waals surface area (Å²) in [5.41, 5.74) is -2.53. The number of nitrogens with one attached hydrogen (secondary N) is 1. The number of thioether (sulfide) groups is 1. The van der Waals surface area contributed by atoms with Gasteiger partial charge in [0.15, 0.2) is 0 Å². The van der Waals surface area contributed by atoms with Crippen molar-refractivity contribution in [3.63, 3.8) is 0 Å². The summed E-state index contributed by atoms with van der Waals surface area (Å²) in [6.07, 6.45) is -6.96. The monoisotopic (exact) mass is 503 g/mol. The highest BCUT2D eigenvalue weighted by Crippen LogP contribution is 2.38. The van der Waals surface area contributed by atoms with Crippen LogP contribution in [0.1, 0.15) is 16.8 Å². The molecule has 2 saturated heterocycles. The van der Waals surface area contributed by atoms with Crippen molar-refractivity contribution in [3.05, 3.63) is 52.2 Å². The van der Waals surface area contributed by atoms with E-state index < -0.39 is 34.6 Å². The summed E-state index contributed by atoms with van der Waals surface area (Å²) in [6, 6.07) is 3.05. The molecule has 14 heteroatoms. The molecule has 2 aliphatic rings. The smallest absolute Gasteiger partial charge is 0.368 e. The van der Waals surface area contributed by atoms with Gasteiger partial charge in [-0.1, -0.05) is 0 Å². The maximum Gasteiger partial charge on any atom is 0.416 e. The number of benzene rings is 1. The Hall–Kier alpha value is -3.29. The number of piperazine rings is 1. The van der Waals surface area contributed by atoms with Crippen LogP contribution >= 0.6 is 11.8 Å². The Morgan fingerprint density at radius 2 is 1.50 bits per heavy atom. The number of halogens is 6. The first-order chi connectivity index (χ1) is 15.9. The van der Waals surface area contributed by atoms with Gasteiger partial charge in [0.25, 0.3) is 11.1 Å². The molecule has 0 saturated carbocycles. The number of alkyl halides is 6. The number of aromatic nitrogens is 2. The molecule has 7 nitrogen and oxygen atoms in total. The quantitative estimate of drug-likeness (QED) is 0.498. The summed E-state index contributed by atoms with van der Waals surface area (Å²) >= 11 is 0.734. The van der Waals surface area contributed by atoms with E-state index in [0.717, 1.165) is 11.8 Å². The van der Waals surface area contributed by atoms with E-state index in [-0.39, 0.29) is 48.8 Å².